The number of halogens is 1. The first-order chi connectivity index (χ1) is 5.72. The fraction of sp³-hybridized carbons (Fsp3) is 0.250. The van der Waals surface area contributed by atoms with Crippen molar-refractivity contribution < 1.29 is 9.68 Å². The molecule has 1 rings (SSSR count). The molecule has 2 nitrogen and oxygen atoms in total. The Balaban J connectivity index is 2.58. The molecule has 0 fully saturated rings. The van der Waals surface area contributed by atoms with E-state index in [1.165, 1.54) is 0 Å². The summed E-state index contributed by atoms with van der Waals surface area (Å²) < 4.78 is 6.15. The molecule has 0 saturated heterocycles. The maximum Gasteiger partial charge on any atom is 0.522 e. The first kappa shape index (κ1) is 9.61. The first-order valence-corrected chi connectivity index (χ1v) is 4.62. The summed E-state index contributed by atoms with van der Waals surface area (Å²) in [5, 5.41) is 9.15. The molecule has 4 heteroatoms. The maximum absolute atomic E-state index is 9.15. The van der Waals surface area contributed by atoms with Gasteiger partial charge in [0.15, 0.2) is 0 Å². The van der Waals surface area contributed by atoms with Gasteiger partial charge in [0.05, 0.1) is 0 Å². The van der Waals surface area contributed by atoms with Crippen LogP contribution < -0.4 is 4.65 Å². The largest absolute Gasteiger partial charge is 0.536 e. The van der Waals surface area contributed by atoms with Crippen LogP contribution in [0, 0.1) is 0 Å². The Hall–Kier alpha value is -0.475. The predicted octanol–water partition coefficient (Wildman–Crippen LogP) is 2.33. The van der Waals surface area contributed by atoms with Crippen LogP contribution in [0.25, 0.3) is 0 Å². The average molecular weight is 229 g/mol. The highest BCUT2D eigenvalue weighted by Gasteiger charge is 2.10. The maximum atomic E-state index is 9.15. The Morgan fingerprint density at radius 3 is 2.50 bits per heavy atom. The zero-order valence-corrected chi connectivity index (χ0v) is 8.41. The summed E-state index contributed by atoms with van der Waals surface area (Å²) >= 11 is 3.31. The third kappa shape index (κ3) is 2.87. The molecular weight excluding hydrogens is 219 g/mol. The summed E-state index contributed by atoms with van der Waals surface area (Å²) in [5.41, 5.74) is 0. The molecule has 12 heavy (non-hydrogen) atoms. The van der Waals surface area contributed by atoms with Gasteiger partial charge >= 0.3 is 7.12 Å². The molecule has 64 valence electrons. The molecular formula is C8H10BBrO2. The second kappa shape index (κ2) is 4.53. The normalized spacial score (nSPS) is 9.58. The fourth-order valence-corrected chi connectivity index (χ4v) is 1.02. The molecule has 0 aliphatic heterocycles. The molecule has 0 atom stereocenters. The Morgan fingerprint density at radius 1 is 1.42 bits per heavy atom. The topological polar surface area (TPSA) is 29.5 Å². The van der Waals surface area contributed by atoms with Gasteiger partial charge in [0, 0.05) is 4.47 Å². The van der Waals surface area contributed by atoms with E-state index >= 15 is 0 Å². The van der Waals surface area contributed by atoms with Crippen molar-refractivity contribution in [1.82, 2.24) is 0 Å². The highest BCUT2D eigenvalue weighted by Crippen LogP contribution is 2.16. The van der Waals surface area contributed by atoms with Gasteiger partial charge in [-0.3, -0.25) is 0 Å². The molecule has 0 unspecified atom stereocenters. The van der Waals surface area contributed by atoms with Crippen LogP contribution in [0.3, 0.4) is 0 Å². The van der Waals surface area contributed by atoms with E-state index in [2.05, 4.69) is 15.9 Å². The summed E-state index contributed by atoms with van der Waals surface area (Å²) in [6, 6.07) is 7.36. The van der Waals surface area contributed by atoms with Gasteiger partial charge in [-0.15, -0.1) is 0 Å². The minimum atomic E-state index is -0.703. The number of rotatable bonds is 3. The SMILES string of the molecule is CCB(O)Oc1ccc(Br)cc1. The van der Waals surface area contributed by atoms with E-state index in [1.807, 2.05) is 31.2 Å². The quantitative estimate of drug-likeness (QED) is 0.805. The number of hydrogen-bond acceptors (Lipinski definition) is 2. The predicted molar refractivity (Wildman–Crippen MR) is 53.2 cm³/mol. The van der Waals surface area contributed by atoms with Crippen molar-refractivity contribution in [2.45, 2.75) is 13.2 Å². The van der Waals surface area contributed by atoms with Crippen LogP contribution in [-0.4, -0.2) is 12.1 Å². The van der Waals surface area contributed by atoms with Crippen molar-refractivity contribution >= 4 is 23.0 Å². The third-order valence-corrected chi connectivity index (χ3v) is 1.96. The van der Waals surface area contributed by atoms with Crippen LogP contribution in [-0.2, 0) is 0 Å². The van der Waals surface area contributed by atoms with Gasteiger partial charge in [-0.05, 0) is 30.6 Å². The average Bonchev–Trinajstić information content (AvgIpc) is 2.09. The summed E-state index contributed by atoms with van der Waals surface area (Å²) in [5.74, 6) is 0.688. The molecule has 0 spiro atoms. The van der Waals surface area contributed by atoms with Gasteiger partial charge < -0.3 is 9.68 Å². The minimum Gasteiger partial charge on any atom is -0.536 e. The van der Waals surface area contributed by atoms with Gasteiger partial charge in [0.25, 0.3) is 0 Å². The van der Waals surface area contributed by atoms with Gasteiger partial charge in [0.1, 0.15) is 5.75 Å². The Morgan fingerprint density at radius 2 is 2.00 bits per heavy atom. The van der Waals surface area contributed by atoms with Crippen molar-refractivity contribution in [3.8, 4) is 5.75 Å². The lowest BCUT2D eigenvalue weighted by molar-refractivity contribution is 0.416. The standard InChI is InChI=1S/C8H10BBrO2/c1-2-9(11)12-8-5-3-7(10)4-6-8/h3-6,11H,2H2,1H3. The molecule has 0 radical (unpaired) electrons. The Bertz CT molecular complexity index is 237. The molecule has 0 saturated carbocycles. The van der Waals surface area contributed by atoms with E-state index in [0.717, 1.165) is 4.47 Å². The van der Waals surface area contributed by atoms with Gasteiger partial charge in [-0.2, -0.15) is 0 Å². The molecule has 0 aliphatic rings. The van der Waals surface area contributed by atoms with E-state index in [9.17, 15) is 0 Å². The monoisotopic (exact) mass is 228 g/mol. The van der Waals surface area contributed by atoms with E-state index in [4.69, 9.17) is 9.68 Å². The second-order valence-corrected chi connectivity index (χ2v) is 3.35. The zero-order chi connectivity index (χ0) is 8.97. The van der Waals surface area contributed by atoms with Crippen molar-refractivity contribution in [3.63, 3.8) is 0 Å². The van der Waals surface area contributed by atoms with Gasteiger partial charge in [-0.1, -0.05) is 22.9 Å². The molecule has 1 aromatic rings. The zero-order valence-electron chi connectivity index (χ0n) is 6.83. The van der Waals surface area contributed by atoms with E-state index < -0.39 is 7.12 Å². The van der Waals surface area contributed by atoms with Crippen molar-refractivity contribution in [2.75, 3.05) is 0 Å². The van der Waals surface area contributed by atoms with Crippen LogP contribution in [0.1, 0.15) is 6.92 Å². The van der Waals surface area contributed by atoms with E-state index in [-0.39, 0.29) is 0 Å². The van der Waals surface area contributed by atoms with Crippen molar-refractivity contribution in [2.24, 2.45) is 0 Å². The van der Waals surface area contributed by atoms with Crippen LogP contribution in [0.4, 0.5) is 0 Å². The van der Waals surface area contributed by atoms with E-state index in [0.29, 0.717) is 12.1 Å². The molecule has 1 aromatic carbocycles. The van der Waals surface area contributed by atoms with Crippen LogP contribution in [0.2, 0.25) is 6.32 Å². The molecule has 0 amide bonds. The molecule has 1 N–H and O–H groups in total. The van der Waals surface area contributed by atoms with Crippen molar-refractivity contribution in [1.29, 1.82) is 0 Å². The Labute approximate surface area is 80.8 Å². The molecule has 0 aromatic heterocycles. The van der Waals surface area contributed by atoms with Gasteiger partial charge in [-0.25, -0.2) is 0 Å². The van der Waals surface area contributed by atoms with Gasteiger partial charge in [0.2, 0.25) is 0 Å². The first-order valence-electron chi connectivity index (χ1n) is 3.82. The highest BCUT2D eigenvalue weighted by molar-refractivity contribution is 9.10. The highest BCUT2D eigenvalue weighted by atomic mass is 79.9. The lowest BCUT2D eigenvalue weighted by Gasteiger charge is -2.07. The van der Waals surface area contributed by atoms with Crippen LogP contribution in [0.15, 0.2) is 28.7 Å². The smallest absolute Gasteiger partial charge is 0.522 e. The van der Waals surface area contributed by atoms with Crippen molar-refractivity contribution in [3.05, 3.63) is 28.7 Å². The third-order valence-electron chi connectivity index (χ3n) is 1.43. The lowest BCUT2D eigenvalue weighted by Crippen LogP contribution is -2.19. The summed E-state index contributed by atoms with van der Waals surface area (Å²) in [6.45, 7) is 1.86. The Kier molecular flexibility index (Phi) is 3.63. The second-order valence-electron chi connectivity index (χ2n) is 2.43. The summed E-state index contributed by atoms with van der Waals surface area (Å²) in [6.07, 6.45) is 0.593. The fourth-order valence-electron chi connectivity index (χ4n) is 0.754. The van der Waals surface area contributed by atoms with Crippen LogP contribution in [0.5, 0.6) is 5.75 Å². The minimum absolute atomic E-state index is 0.593. The van der Waals surface area contributed by atoms with E-state index in [1.54, 1.807) is 0 Å². The molecule has 0 heterocycles. The summed E-state index contributed by atoms with van der Waals surface area (Å²) in [4.78, 5) is 0. The number of hydrogen-bond donors (Lipinski definition) is 1. The lowest BCUT2D eigenvalue weighted by atomic mass is 9.87. The van der Waals surface area contributed by atoms with Crippen LogP contribution >= 0.6 is 15.9 Å². The summed E-state index contributed by atoms with van der Waals surface area (Å²) in [7, 11) is -0.703. The molecule has 0 aliphatic carbocycles. The molecule has 0 bridgehead atoms. The number of benzene rings is 1.